The molecule has 5 heteroatoms. The smallest absolute Gasteiger partial charge is 0.284 e. The van der Waals surface area contributed by atoms with E-state index in [1.165, 1.54) is 45.2 Å². The van der Waals surface area contributed by atoms with Crippen molar-refractivity contribution in [2.24, 2.45) is 17.6 Å². The fourth-order valence-corrected chi connectivity index (χ4v) is 5.18. The van der Waals surface area contributed by atoms with Gasteiger partial charge in [-0.25, -0.2) is 0 Å². The minimum absolute atomic E-state index is 0.135. The monoisotopic (exact) mass is 373 g/mol. The van der Waals surface area contributed by atoms with Gasteiger partial charge < -0.3 is 10.2 Å². The molecule has 1 amide bonds. The molecule has 1 aromatic rings. The topological polar surface area (TPSA) is 62.7 Å². The fourth-order valence-electron chi connectivity index (χ4n) is 5.18. The Labute approximate surface area is 163 Å². The van der Waals surface area contributed by atoms with Crippen molar-refractivity contribution in [1.82, 2.24) is 9.80 Å². The molecular weight excluding hydrogens is 338 g/mol. The molecule has 5 rings (SSSR count). The molecule has 0 unspecified atom stereocenters. The molecule has 0 radical (unpaired) electrons. The Balaban J connectivity index is 1.49. The van der Waals surface area contributed by atoms with Crippen molar-refractivity contribution < 1.29 is 9.21 Å². The van der Waals surface area contributed by atoms with Crippen LogP contribution in [0.1, 0.15) is 74.8 Å². The zero-order valence-corrected chi connectivity index (χ0v) is 17.2. The number of rotatable bonds is 5. The first-order valence-corrected chi connectivity index (χ1v) is 10.7. The van der Waals surface area contributed by atoms with Gasteiger partial charge in [0.15, 0.2) is 5.76 Å². The van der Waals surface area contributed by atoms with Gasteiger partial charge in [-0.05, 0) is 43.6 Å². The molecule has 3 saturated heterocycles. The number of furan rings is 1. The number of carbonyl (C=O) groups excluding carboxylic acids is 1. The first-order valence-electron chi connectivity index (χ1n) is 10.7. The lowest BCUT2D eigenvalue weighted by atomic mass is 9.83. The second-order valence-electron chi connectivity index (χ2n) is 10.1. The highest BCUT2D eigenvalue weighted by Gasteiger charge is 2.37. The van der Waals surface area contributed by atoms with Crippen LogP contribution >= 0.6 is 0 Å². The van der Waals surface area contributed by atoms with E-state index >= 15 is 0 Å². The molecule has 4 aliphatic rings. The van der Waals surface area contributed by atoms with Crippen molar-refractivity contribution in [2.75, 3.05) is 26.2 Å². The summed E-state index contributed by atoms with van der Waals surface area (Å²) in [6.07, 6.45) is 6.97. The molecule has 0 aromatic carbocycles. The predicted octanol–water partition coefficient (Wildman–Crippen LogP) is 3.37. The van der Waals surface area contributed by atoms with E-state index < -0.39 is 5.91 Å². The Morgan fingerprint density at radius 1 is 1.19 bits per heavy atom. The summed E-state index contributed by atoms with van der Waals surface area (Å²) in [6, 6.07) is 2.56. The summed E-state index contributed by atoms with van der Waals surface area (Å²) >= 11 is 0. The minimum Gasteiger partial charge on any atom is -0.455 e. The third-order valence-corrected chi connectivity index (χ3v) is 6.75. The van der Waals surface area contributed by atoms with Gasteiger partial charge in [-0.15, -0.1) is 0 Å². The fraction of sp³-hybridized carbons (Fsp3) is 0.773. The Kier molecular flexibility index (Phi) is 5.10. The zero-order chi connectivity index (χ0) is 19.2. The highest BCUT2D eigenvalue weighted by atomic mass is 16.4. The van der Waals surface area contributed by atoms with Crippen molar-refractivity contribution in [2.45, 2.75) is 70.9 Å². The van der Waals surface area contributed by atoms with Gasteiger partial charge in [-0.2, -0.15) is 0 Å². The molecule has 1 aliphatic carbocycles. The first-order chi connectivity index (χ1) is 12.8. The molecule has 5 nitrogen and oxygen atoms in total. The molecule has 2 atom stereocenters. The van der Waals surface area contributed by atoms with E-state index in [0.29, 0.717) is 11.8 Å². The lowest BCUT2D eigenvalue weighted by molar-refractivity contribution is 0.0890. The predicted molar refractivity (Wildman–Crippen MR) is 107 cm³/mol. The number of carbonyl (C=O) groups is 1. The first kappa shape index (κ1) is 19.0. The molecule has 1 saturated carbocycles. The number of fused-ring (bicyclic) bond motifs is 4. The van der Waals surface area contributed by atoms with Crippen LogP contribution in [-0.4, -0.2) is 47.9 Å². The van der Waals surface area contributed by atoms with Gasteiger partial charge in [0.25, 0.3) is 5.91 Å². The number of amides is 1. The largest absolute Gasteiger partial charge is 0.455 e. The van der Waals surface area contributed by atoms with Crippen molar-refractivity contribution in [1.29, 1.82) is 0 Å². The second kappa shape index (κ2) is 7.25. The van der Waals surface area contributed by atoms with Gasteiger partial charge in [0.1, 0.15) is 5.76 Å². The van der Waals surface area contributed by atoms with Crippen LogP contribution in [0.5, 0.6) is 0 Å². The number of piperidine rings is 1. The Hall–Kier alpha value is -1.33. The van der Waals surface area contributed by atoms with Crippen molar-refractivity contribution in [3.05, 3.63) is 23.2 Å². The van der Waals surface area contributed by atoms with Crippen LogP contribution in [0.3, 0.4) is 0 Å². The summed E-state index contributed by atoms with van der Waals surface area (Å²) in [5.41, 5.74) is 6.47. The number of hydrogen-bond acceptors (Lipinski definition) is 4. The van der Waals surface area contributed by atoms with Crippen LogP contribution in [0.4, 0.5) is 0 Å². The lowest BCUT2D eigenvalue weighted by Gasteiger charge is -2.40. The van der Waals surface area contributed by atoms with Crippen LogP contribution in [0, 0.1) is 11.8 Å². The molecule has 4 heterocycles. The third-order valence-electron chi connectivity index (χ3n) is 6.75. The van der Waals surface area contributed by atoms with Crippen LogP contribution < -0.4 is 5.73 Å². The molecule has 27 heavy (non-hydrogen) atoms. The average molecular weight is 374 g/mol. The van der Waals surface area contributed by atoms with Crippen LogP contribution in [0.25, 0.3) is 0 Å². The van der Waals surface area contributed by atoms with Gasteiger partial charge in [0.05, 0.1) is 0 Å². The molecule has 150 valence electrons. The van der Waals surface area contributed by atoms with Gasteiger partial charge in [0, 0.05) is 49.7 Å². The summed E-state index contributed by atoms with van der Waals surface area (Å²) < 4.78 is 5.87. The van der Waals surface area contributed by atoms with Crippen molar-refractivity contribution in [3.63, 3.8) is 0 Å². The molecule has 3 aliphatic heterocycles. The van der Waals surface area contributed by atoms with Gasteiger partial charge >= 0.3 is 0 Å². The van der Waals surface area contributed by atoms with E-state index in [4.69, 9.17) is 10.2 Å². The Morgan fingerprint density at radius 3 is 2.59 bits per heavy atom. The quantitative estimate of drug-likeness (QED) is 0.859. The summed E-state index contributed by atoms with van der Waals surface area (Å²) in [7, 11) is 0. The summed E-state index contributed by atoms with van der Waals surface area (Å²) in [6.45, 7) is 12.1. The summed E-state index contributed by atoms with van der Waals surface area (Å²) in [5.74, 6) is 2.43. The van der Waals surface area contributed by atoms with Gasteiger partial charge in [-0.3, -0.25) is 14.6 Å². The van der Waals surface area contributed by atoms with E-state index in [2.05, 4.69) is 30.6 Å². The number of nitrogens with two attached hydrogens (primary N) is 1. The zero-order valence-electron chi connectivity index (χ0n) is 17.2. The third kappa shape index (κ3) is 4.09. The van der Waals surface area contributed by atoms with E-state index in [0.717, 1.165) is 42.8 Å². The summed E-state index contributed by atoms with van der Waals surface area (Å²) in [5, 5.41) is 0. The minimum atomic E-state index is -0.477. The van der Waals surface area contributed by atoms with Gasteiger partial charge in [-0.1, -0.05) is 27.2 Å². The van der Waals surface area contributed by atoms with Crippen LogP contribution in [0.15, 0.2) is 10.5 Å². The molecule has 2 N–H and O–H groups in total. The maximum absolute atomic E-state index is 11.6. The van der Waals surface area contributed by atoms with E-state index in [1.807, 2.05) is 6.07 Å². The summed E-state index contributed by atoms with van der Waals surface area (Å²) in [4.78, 5) is 17.0. The van der Waals surface area contributed by atoms with Crippen LogP contribution in [0.2, 0.25) is 0 Å². The second-order valence-corrected chi connectivity index (χ2v) is 10.1. The Bertz CT molecular complexity index is 686. The maximum atomic E-state index is 11.6. The average Bonchev–Trinajstić information content (AvgIpc) is 2.79. The van der Waals surface area contributed by atoms with Crippen molar-refractivity contribution in [3.8, 4) is 0 Å². The highest BCUT2D eigenvalue weighted by Crippen LogP contribution is 2.35. The number of hydrogen-bond donors (Lipinski definition) is 1. The normalized spacial score (nSPS) is 27.5. The highest BCUT2D eigenvalue weighted by molar-refractivity contribution is 5.90. The van der Waals surface area contributed by atoms with E-state index in [1.54, 1.807) is 0 Å². The maximum Gasteiger partial charge on any atom is 0.284 e. The molecule has 4 fully saturated rings. The number of nitrogens with zero attached hydrogens (tertiary/aromatic N) is 2. The molecule has 1 aromatic heterocycles. The standard InChI is InChI=1S/C22H35N3O2/c1-22(2,3)20-17(9-19(27-20)21(23)26)13-24-10-16-7-8-18(14-24)25(12-16)11-15-5-4-6-15/h9,15-16,18H,4-8,10-14H2,1-3H3,(H2,23,26)/t16-,18+/m0/s1. The van der Waals surface area contributed by atoms with E-state index in [9.17, 15) is 4.79 Å². The van der Waals surface area contributed by atoms with Crippen LogP contribution in [-0.2, 0) is 12.0 Å². The van der Waals surface area contributed by atoms with E-state index in [-0.39, 0.29) is 5.41 Å². The molecule has 0 spiro atoms. The molecule has 2 bridgehead atoms. The lowest BCUT2D eigenvalue weighted by Crippen LogP contribution is -2.46. The SMILES string of the molecule is CC(C)(C)c1oc(C(N)=O)cc1CN1C[C@@H]2CC[C@H](C1)N(CC1CCC1)C2. The van der Waals surface area contributed by atoms with Gasteiger partial charge in [0.2, 0.25) is 0 Å². The van der Waals surface area contributed by atoms with Crippen molar-refractivity contribution >= 4 is 5.91 Å². The number of primary amides is 1. The molecular formula is C22H35N3O2. The Morgan fingerprint density at radius 2 is 1.96 bits per heavy atom.